The first kappa shape index (κ1) is 19.1. The number of ether oxygens (including phenoxy) is 1. The van der Waals surface area contributed by atoms with Gasteiger partial charge in [-0.1, -0.05) is 48.5 Å². The molecule has 7 nitrogen and oxygen atoms in total. The molecule has 0 aromatic heterocycles. The quantitative estimate of drug-likeness (QED) is 0.432. The van der Waals surface area contributed by atoms with Gasteiger partial charge in [0.25, 0.3) is 11.6 Å². The summed E-state index contributed by atoms with van der Waals surface area (Å²) in [5.74, 6) is -1.04. The highest BCUT2D eigenvalue weighted by molar-refractivity contribution is 5.81. The topological polar surface area (TPSA) is 89.8 Å². The van der Waals surface area contributed by atoms with Crippen LogP contribution >= 0.6 is 0 Å². The van der Waals surface area contributed by atoms with E-state index < -0.39 is 17.5 Å². The van der Waals surface area contributed by atoms with Gasteiger partial charge in [-0.15, -0.1) is 0 Å². The number of hydrogen-bond donors (Lipinski definition) is 0. The molecule has 0 spiro atoms. The van der Waals surface area contributed by atoms with Gasteiger partial charge in [0.2, 0.25) is 0 Å². The molecular formula is C19H20N2O5. The molecule has 7 heteroatoms. The molecule has 0 fully saturated rings. The number of rotatable bonds is 7. The van der Waals surface area contributed by atoms with Crippen LogP contribution in [0.5, 0.6) is 0 Å². The van der Waals surface area contributed by atoms with Crippen molar-refractivity contribution in [1.82, 2.24) is 4.90 Å². The molecule has 2 rings (SSSR count). The Kier molecular flexibility index (Phi) is 6.43. The fourth-order valence-corrected chi connectivity index (χ4v) is 2.46. The van der Waals surface area contributed by atoms with Gasteiger partial charge in [-0.25, -0.2) is 0 Å². The molecule has 0 heterocycles. The molecule has 1 amide bonds. The van der Waals surface area contributed by atoms with Crippen LogP contribution in [0.2, 0.25) is 0 Å². The van der Waals surface area contributed by atoms with E-state index in [9.17, 15) is 19.7 Å². The van der Waals surface area contributed by atoms with Crippen LogP contribution in [-0.2, 0) is 20.7 Å². The van der Waals surface area contributed by atoms with Crippen molar-refractivity contribution in [2.24, 2.45) is 0 Å². The van der Waals surface area contributed by atoms with Gasteiger partial charge in [0.1, 0.15) is 0 Å². The van der Waals surface area contributed by atoms with E-state index >= 15 is 0 Å². The molecule has 2 aromatic rings. The zero-order valence-electron chi connectivity index (χ0n) is 14.6. The van der Waals surface area contributed by atoms with Gasteiger partial charge in [-0.2, -0.15) is 0 Å². The zero-order valence-corrected chi connectivity index (χ0v) is 14.6. The maximum atomic E-state index is 12.2. The molecule has 136 valence electrons. The van der Waals surface area contributed by atoms with Crippen molar-refractivity contribution in [2.45, 2.75) is 19.4 Å². The highest BCUT2D eigenvalue weighted by Crippen LogP contribution is 2.19. The largest absolute Gasteiger partial charge is 0.455 e. The fraction of sp³-hybridized carbons (Fsp3) is 0.263. The number of hydrogen-bond acceptors (Lipinski definition) is 5. The lowest BCUT2D eigenvalue weighted by molar-refractivity contribution is -0.385. The SMILES string of the molecule is CC(c1ccccc1)N(C)C(=O)COC(=O)Cc1ccccc1[N+](=O)[O-]. The number of likely N-dealkylation sites (N-methyl/N-ethyl adjacent to an activating group) is 1. The number of amides is 1. The fourth-order valence-electron chi connectivity index (χ4n) is 2.46. The van der Waals surface area contributed by atoms with Crippen molar-refractivity contribution in [3.63, 3.8) is 0 Å². The first-order valence-electron chi connectivity index (χ1n) is 8.08. The van der Waals surface area contributed by atoms with Crippen LogP contribution in [0.1, 0.15) is 24.1 Å². The van der Waals surface area contributed by atoms with Crippen LogP contribution in [-0.4, -0.2) is 35.4 Å². The predicted octanol–water partition coefficient (Wildman–Crippen LogP) is 2.90. The van der Waals surface area contributed by atoms with Crippen molar-refractivity contribution >= 4 is 17.6 Å². The Bertz CT molecular complexity index is 792. The average Bonchev–Trinajstić information content (AvgIpc) is 2.65. The molecule has 0 saturated carbocycles. The standard InChI is InChI=1S/C19H20N2O5/c1-14(15-8-4-3-5-9-15)20(2)18(22)13-26-19(23)12-16-10-6-7-11-17(16)21(24)25/h3-11,14H,12-13H2,1-2H3. The number of carbonyl (C=O) groups is 2. The van der Waals surface area contributed by atoms with Crippen molar-refractivity contribution in [2.75, 3.05) is 13.7 Å². The third-order valence-electron chi connectivity index (χ3n) is 4.14. The summed E-state index contributed by atoms with van der Waals surface area (Å²) in [5, 5.41) is 11.0. The number of nitrogens with zero attached hydrogens (tertiary/aromatic N) is 2. The van der Waals surface area contributed by atoms with Crippen LogP contribution in [0.15, 0.2) is 54.6 Å². The second-order valence-corrected chi connectivity index (χ2v) is 5.81. The van der Waals surface area contributed by atoms with Crippen molar-refractivity contribution in [3.05, 3.63) is 75.8 Å². The molecule has 0 bridgehead atoms. The highest BCUT2D eigenvalue weighted by atomic mass is 16.6. The minimum absolute atomic E-state index is 0.148. The van der Waals surface area contributed by atoms with E-state index in [1.165, 1.54) is 23.1 Å². The van der Waals surface area contributed by atoms with Crippen LogP contribution in [0, 0.1) is 10.1 Å². The van der Waals surface area contributed by atoms with Gasteiger partial charge in [0, 0.05) is 18.7 Å². The third-order valence-corrected chi connectivity index (χ3v) is 4.14. The molecule has 0 N–H and O–H groups in total. The number of nitro groups is 1. The number of carbonyl (C=O) groups excluding carboxylic acids is 2. The van der Waals surface area contributed by atoms with E-state index in [1.54, 1.807) is 13.1 Å². The van der Waals surface area contributed by atoms with Gasteiger partial charge < -0.3 is 9.64 Å². The minimum Gasteiger partial charge on any atom is -0.455 e. The first-order chi connectivity index (χ1) is 12.4. The van der Waals surface area contributed by atoms with Crippen molar-refractivity contribution < 1.29 is 19.2 Å². The maximum Gasteiger partial charge on any atom is 0.311 e. The molecule has 0 aliphatic heterocycles. The summed E-state index contributed by atoms with van der Waals surface area (Å²) in [6.07, 6.45) is -0.262. The summed E-state index contributed by atoms with van der Waals surface area (Å²) in [6.45, 7) is 1.47. The summed E-state index contributed by atoms with van der Waals surface area (Å²) >= 11 is 0. The van der Waals surface area contributed by atoms with E-state index in [4.69, 9.17) is 4.74 Å². The predicted molar refractivity (Wildman–Crippen MR) is 95.4 cm³/mol. The number of esters is 1. The van der Waals surface area contributed by atoms with Gasteiger partial charge in [-0.3, -0.25) is 19.7 Å². The Hall–Kier alpha value is -3.22. The normalized spacial score (nSPS) is 11.5. The van der Waals surface area contributed by atoms with E-state index in [2.05, 4.69) is 0 Å². The number of nitro benzene ring substituents is 1. The molecular weight excluding hydrogens is 336 g/mol. The van der Waals surface area contributed by atoms with Crippen LogP contribution in [0.25, 0.3) is 0 Å². The van der Waals surface area contributed by atoms with Crippen molar-refractivity contribution in [3.8, 4) is 0 Å². The van der Waals surface area contributed by atoms with Gasteiger partial charge in [-0.05, 0) is 12.5 Å². The van der Waals surface area contributed by atoms with Crippen LogP contribution < -0.4 is 0 Å². The molecule has 1 unspecified atom stereocenters. The van der Waals surface area contributed by atoms with E-state index in [-0.39, 0.29) is 29.6 Å². The Labute approximate surface area is 151 Å². The number of benzene rings is 2. The molecule has 2 aromatic carbocycles. The smallest absolute Gasteiger partial charge is 0.311 e. The minimum atomic E-state index is -0.687. The lowest BCUT2D eigenvalue weighted by Crippen LogP contribution is -2.33. The second-order valence-electron chi connectivity index (χ2n) is 5.81. The second kappa shape index (κ2) is 8.75. The first-order valence-corrected chi connectivity index (χ1v) is 8.08. The molecule has 0 saturated heterocycles. The van der Waals surface area contributed by atoms with E-state index in [0.717, 1.165) is 5.56 Å². The Morgan fingerprint density at radius 3 is 2.38 bits per heavy atom. The van der Waals surface area contributed by atoms with Gasteiger partial charge in [0.15, 0.2) is 6.61 Å². The van der Waals surface area contributed by atoms with Crippen LogP contribution in [0.3, 0.4) is 0 Å². The van der Waals surface area contributed by atoms with E-state index in [1.807, 2.05) is 37.3 Å². The summed E-state index contributed by atoms with van der Waals surface area (Å²) in [5.41, 5.74) is 1.07. The molecule has 0 radical (unpaired) electrons. The lowest BCUT2D eigenvalue weighted by atomic mass is 10.1. The summed E-state index contributed by atoms with van der Waals surface area (Å²) in [6, 6.07) is 15.3. The third kappa shape index (κ3) is 4.89. The van der Waals surface area contributed by atoms with Crippen molar-refractivity contribution in [1.29, 1.82) is 0 Å². The Morgan fingerprint density at radius 2 is 1.73 bits per heavy atom. The monoisotopic (exact) mass is 356 g/mol. The summed E-state index contributed by atoms with van der Waals surface area (Å²) in [7, 11) is 1.63. The maximum absolute atomic E-state index is 12.2. The molecule has 1 atom stereocenters. The average molecular weight is 356 g/mol. The van der Waals surface area contributed by atoms with Crippen LogP contribution in [0.4, 0.5) is 5.69 Å². The highest BCUT2D eigenvalue weighted by Gasteiger charge is 2.20. The van der Waals surface area contributed by atoms with Gasteiger partial charge >= 0.3 is 5.97 Å². The molecule has 26 heavy (non-hydrogen) atoms. The molecule has 0 aliphatic rings. The molecule has 0 aliphatic carbocycles. The Balaban J connectivity index is 1.91. The summed E-state index contributed by atoms with van der Waals surface area (Å²) in [4.78, 5) is 36.1. The number of para-hydroxylation sites is 1. The van der Waals surface area contributed by atoms with E-state index in [0.29, 0.717) is 0 Å². The Morgan fingerprint density at radius 1 is 1.12 bits per heavy atom. The van der Waals surface area contributed by atoms with Gasteiger partial charge in [0.05, 0.1) is 17.4 Å². The lowest BCUT2D eigenvalue weighted by Gasteiger charge is -2.25. The summed E-state index contributed by atoms with van der Waals surface area (Å²) < 4.78 is 5.00. The zero-order chi connectivity index (χ0) is 19.1.